The van der Waals surface area contributed by atoms with E-state index in [0.717, 1.165) is 31.7 Å². The summed E-state index contributed by atoms with van der Waals surface area (Å²) in [5.41, 5.74) is 0.951. The van der Waals surface area contributed by atoms with Crippen LogP contribution in [0.15, 0.2) is 24.3 Å². The summed E-state index contributed by atoms with van der Waals surface area (Å²) in [5.74, 6) is 0.725. The van der Waals surface area contributed by atoms with Gasteiger partial charge in [-0.05, 0) is 49.5 Å². The number of aliphatic hydroxyl groups is 1. The van der Waals surface area contributed by atoms with E-state index >= 15 is 0 Å². The molecule has 24 heavy (non-hydrogen) atoms. The van der Waals surface area contributed by atoms with Crippen molar-refractivity contribution in [2.45, 2.75) is 25.7 Å². The van der Waals surface area contributed by atoms with Gasteiger partial charge in [-0.15, -0.1) is 0 Å². The van der Waals surface area contributed by atoms with Crippen LogP contribution < -0.4 is 0 Å². The van der Waals surface area contributed by atoms with E-state index in [-0.39, 0.29) is 18.4 Å². The summed E-state index contributed by atoms with van der Waals surface area (Å²) in [6, 6.07) is 7.49. The predicted molar refractivity (Wildman–Crippen MR) is 96.1 cm³/mol. The van der Waals surface area contributed by atoms with Gasteiger partial charge in [0, 0.05) is 37.2 Å². The first-order chi connectivity index (χ1) is 11.7. The number of carbonyl (C=O) groups is 1. The molecule has 2 saturated heterocycles. The fourth-order valence-electron chi connectivity index (χ4n) is 3.96. The highest BCUT2D eigenvalue weighted by molar-refractivity contribution is 6.30. The van der Waals surface area contributed by atoms with E-state index in [4.69, 9.17) is 11.6 Å². The molecule has 0 aliphatic carbocycles. The molecular formula is C19H27ClN2O2. The Hall–Kier alpha value is -1.10. The van der Waals surface area contributed by atoms with Crippen LogP contribution in [0.3, 0.4) is 0 Å². The summed E-state index contributed by atoms with van der Waals surface area (Å²) in [6.45, 7) is 4.93. The third kappa shape index (κ3) is 4.50. The van der Waals surface area contributed by atoms with E-state index < -0.39 is 0 Å². The second kappa shape index (κ2) is 8.32. The van der Waals surface area contributed by atoms with Crippen LogP contribution in [0.2, 0.25) is 5.02 Å². The Morgan fingerprint density at radius 3 is 2.62 bits per heavy atom. The van der Waals surface area contributed by atoms with Crippen LogP contribution in [0, 0.1) is 11.8 Å². The van der Waals surface area contributed by atoms with Crippen molar-refractivity contribution >= 4 is 17.5 Å². The first kappa shape index (κ1) is 17.7. The van der Waals surface area contributed by atoms with Gasteiger partial charge in [0.25, 0.3) is 0 Å². The van der Waals surface area contributed by atoms with Crippen LogP contribution in [0.1, 0.15) is 24.8 Å². The molecule has 0 bridgehead atoms. The van der Waals surface area contributed by atoms with E-state index in [0.29, 0.717) is 23.9 Å². The number of aliphatic hydroxyl groups excluding tert-OH is 1. The SMILES string of the molecule is O=C(Cc1cccc(Cl)c1)N1C[C@@H](CO)[C@@H](CN2CCCCC2)C1. The molecule has 0 spiro atoms. The van der Waals surface area contributed by atoms with Gasteiger partial charge in [-0.1, -0.05) is 30.2 Å². The van der Waals surface area contributed by atoms with E-state index in [1.165, 1.54) is 19.3 Å². The van der Waals surface area contributed by atoms with Crippen LogP contribution in [-0.4, -0.2) is 60.1 Å². The molecule has 1 aromatic rings. The van der Waals surface area contributed by atoms with Gasteiger partial charge in [0.05, 0.1) is 6.42 Å². The molecule has 2 fully saturated rings. The fraction of sp³-hybridized carbons (Fsp3) is 0.632. The summed E-state index contributed by atoms with van der Waals surface area (Å²) in [6.07, 6.45) is 4.26. The summed E-state index contributed by atoms with van der Waals surface area (Å²) in [5, 5.41) is 10.4. The predicted octanol–water partition coefficient (Wildman–Crippen LogP) is 2.44. The van der Waals surface area contributed by atoms with Crippen LogP contribution in [-0.2, 0) is 11.2 Å². The number of halogens is 1. The van der Waals surface area contributed by atoms with Gasteiger partial charge in [-0.2, -0.15) is 0 Å². The summed E-state index contributed by atoms with van der Waals surface area (Å²) < 4.78 is 0. The highest BCUT2D eigenvalue weighted by Crippen LogP contribution is 2.26. The lowest BCUT2D eigenvalue weighted by molar-refractivity contribution is -0.129. The number of hydrogen-bond donors (Lipinski definition) is 1. The van der Waals surface area contributed by atoms with Crippen molar-refractivity contribution in [1.82, 2.24) is 9.80 Å². The maximum absolute atomic E-state index is 12.6. The Morgan fingerprint density at radius 1 is 1.17 bits per heavy atom. The van der Waals surface area contributed by atoms with E-state index in [2.05, 4.69) is 4.90 Å². The third-order valence-electron chi connectivity index (χ3n) is 5.35. The second-order valence-corrected chi connectivity index (χ2v) is 7.61. The molecule has 132 valence electrons. The quantitative estimate of drug-likeness (QED) is 0.887. The molecule has 0 unspecified atom stereocenters. The van der Waals surface area contributed by atoms with Gasteiger partial charge in [-0.3, -0.25) is 4.79 Å². The lowest BCUT2D eigenvalue weighted by atomic mass is 9.95. The fourth-order valence-corrected chi connectivity index (χ4v) is 4.18. The average Bonchev–Trinajstić information content (AvgIpc) is 2.99. The minimum atomic E-state index is 0.136. The Morgan fingerprint density at radius 2 is 1.92 bits per heavy atom. The first-order valence-electron chi connectivity index (χ1n) is 9.01. The van der Waals surface area contributed by atoms with Crippen molar-refractivity contribution < 1.29 is 9.90 Å². The number of carbonyl (C=O) groups excluding carboxylic acids is 1. The van der Waals surface area contributed by atoms with Crippen LogP contribution in [0.5, 0.6) is 0 Å². The van der Waals surface area contributed by atoms with Gasteiger partial charge in [0.1, 0.15) is 0 Å². The largest absolute Gasteiger partial charge is 0.396 e. The van der Waals surface area contributed by atoms with Crippen LogP contribution in [0.25, 0.3) is 0 Å². The van der Waals surface area contributed by atoms with E-state index in [1.807, 2.05) is 29.2 Å². The number of piperidine rings is 1. The van der Waals surface area contributed by atoms with Crippen molar-refractivity contribution in [1.29, 1.82) is 0 Å². The molecule has 0 saturated carbocycles. The van der Waals surface area contributed by atoms with Crippen molar-refractivity contribution in [2.24, 2.45) is 11.8 Å². The lowest BCUT2D eigenvalue weighted by Gasteiger charge is -2.30. The first-order valence-corrected chi connectivity index (χ1v) is 9.39. The Balaban J connectivity index is 1.57. The van der Waals surface area contributed by atoms with Crippen molar-refractivity contribution in [2.75, 3.05) is 39.3 Å². The van der Waals surface area contributed by atoms with Crippen molar-refractivity contribution in [3.63, 3.8) is 0 Å². The Kier molecular flexibility index (Phi) is 6.14. The van der Waals surface area contributed by atoms with Crippen LogP contribution in [0.4, 0.5) is 0 Å². The van der Waals surface area contributed by atoms with Gasteiger partial charge in [0.2, 0.25) is 5.91 Å². The van der Waals surface area contributed by atoms with Crippen LogP contribution >= 0.6 is 11.6 Å². The number of nitrogens with zero attached hydrogens (tertiary/aromatic N) is 2. The third-order valence-corrected chi connectivity index (χ3v) is 5.58. The molecule has 0 aromatic heterocycles. The molecule has 5 heteroatoms. The van der Waals surface area contributed by atoms with Crippen molar-refractivity contribution in [3.8, 4) is 0 Å². The number of hydrogen-bond acceptors (Lipinski definition) is 3. The monoisotopic (exact) mass is 350 g/mol. The zero-order valence-corrected chi connectivity index (χ0v) is 14.9. The minimum Gasteiger partial charge on any atom is -0.396 e. The number of benzene rings is 1. The minimum absolute atomic E-state index is 0.136. The molecule has 1 amide bonds. The molecular weight excluding hydrogens is 324 g/mol. The smallest absolute Gasteiger partial charge is 0.227 e. The second-order valence-electron chi connectivity index (χ2n) is 7.17. The van der Waals surface area contributed by atoms with Gasteiger partial charge < -0.3 is 14.9 Å². The summed E-state index contributed by atoms with van der Waals surface area (Å²) in [7, 11) is 0. The normalized spacial score (nSPS) is 25.2. The molecule has 2 heterocycles. The maximum Gasteiger partial charge on any atom is 0.227 e. The standard InChI is InChI=1S/C19H27ClN2O2/c20-18-6-4-5-15(9-18)10-19(24)22-12-16(17(13-22)14-23)11-21-7-2-1-3-8-21/h4-6,9,16-17,23H,1-3,7-8,10-14H2/t16-,17-/m0/s1. The maximum atomic E-state index is 12.6. The molecule has 2 aliphatic heterocycles. The zero-order valence-electron chi connectivity index (χ0n) is 14.2. The Bertz CT molecular complexity index is 560. The molecule has 1 N–H and O–H groups in total. The number of amides is 1. The molecule has 3 rings (SSSR count). The molecule has 2 aliphatic rings. The summed E-state index contributed by atoms with van der Waals surface area (Å²) >= 11 is 6.00. The topological polar surface area (TPSA) is 43.8 Å². The number of rotatable bonds is 5. The highest BCUT2D eigenvalue weighted by Gasteiger charge is 2.35. The molecule has 4 nitrogen and oxygen atoms in total. The average molecular weight is 351 g/mol. The molecule has 1 aromatic carbocycles. The molecule has 2 atom stereocenters. The van der Waals surface area contributed by atoms with E-state index in [9.17, 15) is 9.90 Å². The van der Waals surface area contributed by atoms with Crippen molar-refractivity contribution in [3.05, 3.63) is 34.9 Å². The summed E-state index contributed by atoms with van der Waals surface area (Å²) in [4.78, 5) is 17.0. The van der Waals surface area contributed by atoms with Gasteiger partial charge in [-0.25, -0.2) is 0 Å². The lowest BCUT2D eigenvalue weighted by Crippen LogP contribution is -2.37. The molecule has 0 radical (unpaired) electrons. The number of likely N-dealkylation sites (tertiary alicyclic amines) is 2. The van der Waals surface area contributed by atoms with Gasteiger partial charge in [0.15, 0.2) is 0 Å². The van der Waals surface area contributed by atoms with E-state index in [1.54, 1.807) is 0 Å². The Labute approximate surface area is 149 Å². The van der Waals surface area contributed by atoms with Gasteiger partial charge >= 0.3 is 0 Å². The highest BCUT2D eigenvalue weighted by atomic mass is 35.5. The zero-order chi connectivity index (χ0) is 16.9.